The number of rotatable bonds is 8. The summed E-state index contributed by atoms with van der Waals surface area (Å²) in [6, 6.07) is 34.7. The summed E-state index contributed by atoms with van der Waals surface area (Å²) in [6.07, 6.45) is 7.51. The molecule has 0 aromatic heterocycles. The number of benzene rings is 4. The van der Waals surface area contributed by atoms with Crippen LogP contribution in [-0.4, -0.2) is 0 Å². The lowest BCUT2D eigenvalue weighted by molar-refractivity contribution is 0.744. The zero-order chi connectivity index (χ0) is 23.3. The maximum Gasteiger partial charge on any atom is 0.0701 e. The molecule has 0 amide bonds. The van der Waals surface area contributed by atoms with E-state index in [4.69, 9.17) is 0 Å². The normalized spacial score (nSPS) is 10.9. The average Bonchev–Trinajstić information content (AvgIpc) is 2.90. The molecule has 0 nitrogen and oxygen atoms in total. The van der Waals surface area contributed by atoms with Crippen LogP contribution >= 0.6 is 0 Å². The smallest absolute Gasteiger partial charge is 0.0701 e. The largest absolute Gasteiger partial charge is 0.0985 e. The van der Waals surface area contributed by atoms with Gasteiger partial charge in [-0.2, -0.15) is 0 Å². The molecule has 0 atom stereocenters. The van der Waals surface area contributed by atoms with Crippen molar-refractivity contribution < 1.29 is 0 Å². The Morgan fingerprint density at radius 3 is 0.667 bits per heavy atom. The first-order chi connectivity index (χ1) is 16.1. The summed E-state index contributed by atoms with van der Waals surface area (Å²) in [5.41, 5.74) is 8.65. The Labute approximate surface area is 197 Å². The van der Waals surface area contributed by atoms with E-state index in [1.54, 1.807) is 0 Å². The number of hydrogen-bond acceptors (Lipinski definition) is 0. The molecule has 0 heteroatoms. The van der Waals surface area contributed by atoms with E-state index in [1.165, 1.54) is 22.3 Å². The fraction of sp³-hybridized carbons (Fsp3) is 0.0303. The first-order valence-electron chi connectivity index (χ1n) is 11.1. The predicted molar refractivity (Wildman–Crippen MR) is 145 cm³/mol. The van der Waals surface area contributed by atoms with Crippen molar-refractivity contribution in [2.24, 2.45) is 0 Å². The van der Waals surface area contributed by atoms with Crippen molar-refractivity contribution >= 4 is 24.3 Å². The zero-order valence-corrected chi connectivity index (χ0v) is 18.9. The fourth-order valence-electron chi connectivity index (χ4n) is 4.48. The van der Waals surface area contributed by atoms with Crippen LogP contribution in [0.4, 0.5) is 0 Å². The van der Waals surface area contributed by atoms with Gasteiger partial charge in [0.2, 0.25) is 0 Å². The molecule has 4 aromatic carbocycles. The third-order valence-electron chi connectivity index (χ3n) is 6.32. The third kappa shape index (κ3) is 4.04. The molecular formula is C33H28. The summed E-state index contributed by atoms with van der Waals surface area (Å²) in [7, 11) is 0. The summed E-state index contributed by atoms with van der Waals surface area (Å²) < 4.78 is 0. The van der Waals surface area contributed by atoms with E-state index in [0.717, 1.165) is 22.3 Å². The molecule has 0 heterocycles. The molecule has 0 unspecified atom stereocenters. The molecule has 160 valence electrons. The maximum absolute atomic E-state index is 3.93. The molecule has 0 N–H and O–H groups in total. The van der Waals surface area contributed by atoms with Gasteiger partial charge in [-0.15, -0.1) is 0 Å². The highest BCUT2D eigenvalue weighted by molar-refractivity contribution is 5.64. The van der Waals surface area contributed by atoms with Gasteiger partial charge in [0.25, 0.3) is 0 Å². The first kappa shape index (κ1) is 22.0. The van der Waals surface area contributed by atoms with Crippen LogP contribution in [0.2, 0.25) is 0 Å². The van der Waals surface area contributed by atoms with Gasteiger partial charge in [-0.1, -0.05) is 148 Å². The molecule has 0 aliphatic heterocycles. The second-order valence-electron chi connectivity index (χ2n) is 8.05. The van der Waals surface area contributed by atoms with E-state index in [9.17, 15) is 0 Å². The minimum absolute atomic E-state index is 0.501. The topological polar surface area (TPSA) is 0 Å². The molecule has 4 aromatic rings. The molecule has 0 saturated carbocycles. The Kier molecular flexibility index (Phi) is 6.38. The Morgan fingerprint density at radius 2 is 0.515 bits per heavy atom. The summed E-state index contributed by atoms with van der Waals surface area (Å²) in [4.78, 5) is 0. The lowest BCUT2D eigenvalue weighted by atomic mass is 9.65. The van der Waals surface area contributed by atoms with Gasteiger partial charge in [0.1, 0.15) is 0 Å². The van der Waals surface area contributed by atoms with Crippen molar-refractivity contribution in [2.45, 2.75) is 5.41 Å². The summed E-state index contributed by atoms with van der Waals surface area (Å²) in [5, 5.41) is 0. The van der Waals surface area contributed by atoms with Gasteiger partial charge >= 0.3 is 0 Å². The van der Waals surface area contributed by atoms with Gasteiger partial charge in [-0.05, 0) is 44.5 Å². The highest BCUT2D eigenvalue weighted by Gasteiger charge is 2.38. The molecule has 33 heavy (non-hydrogen) atoms. The first-order valence-corrected chi connectivity index (χ1v) is 11.1. The molecule has 0 saturated heterocycles. The molecule has 4 rings (SSSR count). The second-order valence-corrected chi connectivity index (χ2v) is 8.05. The van der Waals surface area contributed by atoms with Crippen LogP contribution in [0.25, 0.3) is 24.3 Å². The van der Waals surface area contributed by atoms with Crippen LogP contribution in [-0.2, 0) is 5.41 Å². The Hall–Kier alpha value is -4.16. The fourth-order valence-corrected chi connectivity index (χ4v) is 4.48. The van der Waals surface area contributed by atoms with Crippen molar-refractivity contribution in [1.82, 2.24) is 0 Å². The van der Waals surface area contributed by atoms with Gasteiger partial charge in [0.05, 0.1) is 5.41 Å². The highest BCUT2D eigenvalue weighted by Crippen LogP contribution is 2.45. The molecular weight excluding hydrogens is 396 g/mol. The van der Waals surface area contributed by atoms with E-state index in [0.29, 0.717) is 0 Å². The summed E-state index contributed by atoms with van der Waals surface area (Å²) in [5.74, 6) is 0. The minimum atomic E-state index is -0.501. The van der Waals surface area contributed by atoms with Crippen molar-refractivity contribution in [2.75, 3.05) is 0 Å². The lowest BCUT2D eigenvalue weighted by Crippen LogP contribution is -2.31. The zero-order valence-electron chi connectivity index (χ0n) is 18.9. The van der Waals surface area contributed by atoms with Gasteiger partial charge in [-0.3, -0.25) is 0 Å². The monoisotopic (exact) mass is 424 g/mol. The molecule has 0 bridgehead atoms. The average molecular weight is 425 g/mol. The Morgan fingerprint density at radius 1 is 0.333 bits per heavy atom. The molecule has 0 spiro atoms. The maximum atomic E-state index is 3.93. The van der Waals surface area contributed by atoms with Crippen molar-refractivity contribution in [1.29, 1.82) is 0 Å². The third-order valence-corrected chi connectivity index (χ3v) is 6.32. The van der Waals surface area contributed by atoms with Crippen LogP contribution < -0.4 is 0 Å². The van der Waals surface area contributed by atoms with E-state index in [2.05, 4.69) is 123 Å². The van der Waals surface area contributed by atoms with Crippen LogP contribution in [0.3, 0.4) is 0 Å². The van der Waals surface area contributed by atoms with E-state index >= 15 is 0 Å². The standard InChI is InChI=1S/C33H28/c1-5-25-9-17-29(18-10-25)33(30-19-11-26(6-2)12-20-30,31-21-13-27(7-3)14-22-31)32-23-15-28(8-4)16-24-32/h5-24H,1-4H2. The van der Waals surface area contributed by atoms with Crippen molar-refractivity contribution in [3.8, 4) is 0 Å². The Balaban J connectivity index is 2.09. The SMILES string of the molecule is C=Cc1ccc(C(c2ccc(C=C)cc2)(c2ccc(C=C)cc2)c2ccc(C=C)cc2)cc1. The van der Waals surface area contributed by atoms with Gasteiger partial charge in [0.15, 0.2) is 0 Å². The van der Waals surface area contributed by atoms with Crippen LogP contribution in [0.5, 0.6) is 0 Å². The quantitative estimate of drug-likeness (QED) is 0.248. The summed E-state index contributed by atoms with van der Waals surface area (Å²) in [6.45, 7) is 15.7. The van der Waals surface area contributed by atoms with Crippen LogP contribution in [0.1, 0.15) is 44.5 Å². The Bertz CT molecular complexity index is 1060. The predicted octanol–water partition coefficient (Wildman–Crippen LogP) is 8.64. The molecule has 0 aliphatic rings. The minimum Gasteiger partial charge on any atom is -0.0985 e. The highest BCUT2D eigenvalue weighted by atomic mass is 14.4. The van der Waals surface area contributed by atoms with Gasteiger partial charge < -0.3 is 0 Å². The van der Waals surface area contributed by atoms with Gasteiger partial charge in [0, 0.05) is 0 Å². The van der Waals surface area contributed by atoms with E-state index < -0.39 is 5.41 Å². The van der Waals surface area contributed by atoms with Crippen molar-refractivity contribution in [3.05, 3.63) is 168 Å². The van der Waals surface area contributed by atoms with Gasteiger partial charge in [-0.25, -0.2) is 0 Å². The second kappa shape index (κ2) is 9.54. The molecule has 0 radical (unpaired) electrons. The van der Waals surface area contributed by atoms with E-state index in [-0.39, 0.29) is 0 Å². The molecule has 0 aliphatic carbocycles. The van der Waals surface area contributed by atoms with E-state index in [1.807, 2.05) is 24.3 Å². The summed E-state index contributed by atoms with van der Waals surface area (Å²) >= 11 is 0. The number of hydrogen-bond donors (Lipinski definition) is 0. The van der Waals surface area contributed by atoms with Crippen molar-refractivity contribution in [3.63, 3.8) is 0 Å². The van der Waals surface area contributed by atoms with Crippen LogP contribution in [0.15, 0.2) is 123 Å². The van der Waals surface area contributed by atoms with Crippen LogP contribution in [0, 0.1) is 0 Å². The molecule has 0 fully saturated rings. The lowest BCUT2D eigenvalue weighted by Gasteiger charge is -2.37.